The predicted octanol–water partition coefficient (Wildman–Crippen LogP) is 1.98. The fraction of sp³-hybridized carbons (Fsp3) is 1.00. The first-order chi connectivity index (χ1) is 7.39. The van der Waals surface area contributed by atoms with E-state index in [0.29, 0.717) is 12.0 Å². The van der Waals surface area contributed by atoms with Crippen molar-refractivity contribution in [3.05, 3.63) is 0 Å². The van der Waals surface area contributed by atoms with Crippen molar-refractivity contribution < 1.29 is 8.42 Å². The van der Waals surface area contributed by atoms with Gasteiger partial charge in [0.1, 0.15) is 9.84 Å². The molecule has 0 aliphatic heterocycles. The van der Waals surface area contributed by atoms with Gasteiger partial charge in [0.05, 0.1) is 5.25 Å². The van der Waals surface area contributed by atoms with Crippen LogP contribution in [0.15, 0.2) is 0 Å². The molecular weight excluding hydrogens is 222 g/mol. The Hall–Kier alpha value is -0.0900. The van der Waals surface area contributed by atoms with E-state index in [1.165, 1.54) is 12.7 Å². The summed E-state index contributed by atoms with van der Waals surface area (Å²) in [5, 5.41) is 3.38. The van der Waals surface area contributed by atoms with Crippen LogP contribution < -0.4 is 5.32 Å². The molecule has 2 atom stereocenters. The summed E-state index contributed by atoms with van der Waals surface area (Å²) in [6.45, 7) is 5.43. The predicted molar refractivity (Wildman–Crippen MR) is 68.3 cm³/mol. The number of sulfone groups is 1. The van der Waals surface area contributed by atoms with Crippen molar-refractivity contribution in [3.8, 4) is 0 Å². The highest BCUT2D eigenvalue weighted by atomic mass is 32.2. The number of rotatable bonds is 5. The summed E-state index contributed by atoms with van der Waals surface area (Å²) in [4.78, 5) is 0. The molecule has 1 N–H and O–H groups in total. The van der Waals surface area contributed by atoms with Gasteiger partial charge in [0.2, 0.25) is 0 Å². The van der Waals surface area contributed by atoms with E-state index in [-0.39, 0.29) is 5.25 Å². The molecule has 0 radical (unpaired) electrons. The summed E-state index contributed by atoms with van der Waals surface area (Å²) < 4.78 is 23.0. The number of nitrogens with one attached hydrogen (secondary N) is 1. The van der Waals surface area contributed by atoms with Crippen molar-refractivity contribution in [2.75, 3.05) is 12.8 Å². The minimum Gasteiger partial charge on any atom is -0.314 e. The normalized spacial score (nSPS) is 27.2. The lowest BCUT2D eigenvalue weighted by Gasteiger charge is -2.29. The zero-order valence-electron chi connectivity index (χ0n) is 10.7. The summed E-state index contributed by atoms with van der Waals surface area (Å²) in [5.74, 6) is 0.710. The van der Waals surface area contributed by atoms with Gasteiger partial charge in [0.15, 0.2) is 0 Å². The molecule has 1 aliphatic carbocycles. The van der Waals surface area contributed by atoms with Gasteiger partial charge in [-0.25, -0.2) is 8.42 Å². The van der Waals surface area contributed by atoms with E-state index in [1.807, 2.05) is 0 Å². The van der Waals surface area contributed by atoms with Gasteiger partial charge in [0.25, 0.3) is 0 Å². The molecular formula is C12H25NO2S. The molecule has 0 amide bonds. The van der Waals surface area contributed by atoms with Gasteiger partial charge in [-0.2, -0.15) is 0 Å². The quantitative estimate of drug-likeness (QED) is 0.808. The van der Waals surface area contributed by atoms with E-state index < -0.39 is 9.84 Å². The monoisotopic (exact) mass is 247 g/mol. The molecule has 1 saturated carbocycles. The Kier molecular flexibility index (Phi) is 5.25. The molecule has 1 fully saturated rings. The third-order valence-corrected chi connectivity index (χ3v) is 5.03. The Morgan fingerprint density at radius 1 is 1.31 bits per heavy atom. The molecule has 0 heterocycles. The summed E-state index contributed by atoms with van der Waals surface area (Å²) >= 11 is 0. The number of hydrogen-bond acceptors (Lipinski definition) is 3. The minimum atomic E-state index is -2.84. The Labute approximate surface area is 99.9 Å². The van der Waals surface area contributed by atoms with Gasteiger partial charge in [-0.1, -0.05) is 20.3 Å². The van der Waals surface area contributed by atoms with Crippen LogP contribution in [0.2, 0.25) is 0 Å². The fourth-order valence-electron chi connectivity index (χ4n) is 2.30. The van der Waals surface area contributed by atoms with Crippen LogP contribution in [0.1, 0.15) is 46.0 Å². The van der Waals surface area contributed by atoms with Gasteiger partial charge in [-0.15, -0.1) is 0 Å². The van der Waals surface area contributed by atoms with Crippen LogP contribution >= 0.6 is 0 Å². The summed E-state index contributed by atoms with van der Waals surface area (Å²) in [5.41, 5.74) is 0. The third-order valence-electron chi connectivity index (χ3n) is 3.39. The first-order valence-electron chi connectivity index (χ1n) is 6.32. The minimum absolute atomic E-state index is 0.113. The molecule has 16 heavy (non-hydrogen) atoms. The van der Waals surface area contributed by atoms with E-state index in [9.17, 15) is 8.42 Å². The van der Waals surface area contributed by atoms with Gasteiger partial charge in [0, 0.05) is 12.3 Å². The van der Waals surface area contributed by atoms with Gasteiger partial charge < -0.3 is 5.32 Å². The van der Waals surface area contributed by atoms with Gasteiger partial charge in [-0.05, 0) is 38.1 Å². The summed E-state index contributed by atoms with van der Waals surface area (Å²) in [7, 11) is -2.84. The fourth-order valence-corrected chi connectivity index (χ4v) is 3.47. The van der Waals surface area contributed by atoms with E-state index in [4.69, 9.17) is 0 Å². The average molecular weight is 247 g/mol. The second kappa shape index (κ2) is 6.01. The lowest BCUT2D eigenvalue weighted by molar-refractivity contribution is 0.363. The smallest absolute Gasteiger partial charge is 0.150 e. The average Bonchev–Trinajstić information content (AvgIpc) is 2.16. The SMILES string of the molecule is CC(C)CCNC1CCCC(S(C)(=O)=O)C1. The standard InChI is InChI=1S/C12H25NO2S/c1-10(2)7-8-13-11-5-4-6-12(9-11)16(3,14)15/h10-13H,4-9H2,1-3H3. The van der Waals surface area contributed by atoms with Crippen molar-refractivity contribution in [2.24, 2.45) is 5.92 Å². The molecule has 3 nitrogen and oxygen atoms in total. The van der Waals surface area contributed by atoms with E-state index in [1.54, 1.807) is 0 Å². The third kappa shape index (κ3) is 4.83. The van der Waals surface area contributed by atoms with Crippen molar-refractivity contribution >= 4 is 9.84 Å². The molecule has 1 aliphatic rings. The highest BCUT2D eigenvalue weighted by molar-refractivity contribution is 7.91. The van der Waals surface area contributed by atoms with Crippen LogP contribution in [-0.2, 0) is 9.84 Å². The maximum Gasteiger partial charge on any atom is 0.150 e. The molecule has 1 rings (SSSR count). The Morgan fingerprint density at radius 2 is 2.00 bits per heavy atom. The molecule has 0 bridgehead atoms. The molecule has 0 aromatic rings. The molecule has 0 spiro atoms. The van der Waals surface area contributed by atoms with Crippen molar-refractivity contribution in [3.63, 3.8) is 0 Å². The Bertz CT molecular complexity index is 298. The molecule has 2 unspecified atom stereocenters. The van der Waals surface area contributed by atoms with Crippen LogP contribution in [0.25, 0.3) is 0 Å². The lowest BCUT2D eigenvalue weighted by atomic mass is 9.94. The second-order valence-corrected chi connectivity index (χ2v) is 7.78. The van der Waals surface area contributed by atoms with Gasteiger partial charge in [-0.3, -0.25) is 0 Å². The van der Waals surface area contributed by atoms with Crippen molar-refractivity contribution in [1.29, 1.82) is 0 Å². The van der Waals surface area contributed by atoms with Crippen molar-refractivity contribution in [1.82, 2.24) is 5.32 Å². The van der Waals surface area contributed by atoms with Crippen LogP contribution in [0.3, 0.4) is 0 Å². The zero-order chi connectivity index (χ0) is 12.2. The maximum absolute atomic E-state index is 11.5. The largest absolute Gasteiger partial charge is 0.314 e. The van der Waals surface area contributed by atoms with Gasteiger partial charge >= 0.3 is 0 Å². The molecule has 4 heteroatoms. The topological polar surface area (TPSA) is 46.2 Å². The maximum atomic E-state index is 11.5. The van der Waals surface area contributed by atoms with E-state index >= 15 is 0 Å². The highest BCUT2D eigenvalue weighted by Gasteiger charge is 2.28. The van der Waals surface area contributed by atoms with Crippen LogP contribution in [0, 0.1) is 5.92 Å². The van der Waals surface area contributed by atoms with Crippen LogP contribution in [0.4, 0.5) is 0 Å². The highest BCUT2D eigenvalue weighted by Crippen LogP contribution is 2.23. The summed E-state index contributed by atoms with van der Waals surface area (Å²) in [6.07, 6.45) is 6.35. The lowest BCUT2D eigenvalue weighted by Crippen LogP contribution is -2.39. The van der Waals surface area contributed by atoms with Crippen LogP contribution in [0.5, 0.6) is 0 Å². The molecule has 0 aromatic carbocycles. The van der Waals surface area contributed by atoms with Crippen molar-refractivity contribution in [2.45, 2.75) is 57.2 Å². The first kappa shape index (κ1) is 14.0. The Morgan fingerprint density at radius 3 is 2.56 bits per heavy atom. The number of hydrogen-bond donors (Lipinski definition) is 1. The molecule has 96 valence electrons. The Balaban J connectivity index is 2.34. The first-order valence-corrected chi connectivity index (χ1v) is 8.27. The zero-order valence-corrected chi connectivity index (χ0v) is 11.5. The second-order valence-electron chi connectivity index (χ2n) is 5.45. The molecule has 0 saturated heterocycles. The van der Waals surface area contributed by atoms with E-state index in [2.05, 4.69) is 19.2 Å². The van der Waals surface area contributed by atoms with Crippen LogP contribution in [-0.4, -0.2) is 32.5 Å². The van der Waals surface area contributed by atoms with E-state index in [0.717, 1.165) is 32.2 Å². The summed E-state index contributed by atoms with van der Waals surface area (Å²) in [6, 6.07) is 0.409. The molecule has 0 aromatic heterocycles.